The molecule has 1 unspecified atom stereocenters. The molecule has 5 heteroatoms. The summed E-state index contributed by atoms with van der Waals surface area (Å²) in [5, 5.41) is 2.49. The van der Waals surface area contributed by atoms with Crippen LogP contribution in [0.3, 0.4) is 0 Å². The van der Waals surface area contributed by atoms with Gasteiger partial charge in [-0.2, -0.15) is 0 Å². The second-order valence-corrected chi connectivity index (χ2v) is 10.1. The van der Waals surface area contributed by atoms with Crippen molar-refractivity contribution in [1.82, 2.24) is 14.1 Å². The Labute approximate surface area is 241 Å². The van der Waals surface area contributed by atoms with Crippen molar-refractivity contribution in [3.63, 3.8) is 0 Å². The molecule has 0 radical (unpaired) electrons. The van der Waals surface area contributed by atoms with Crippen LogP contribution in [-0.2, 0) is 28.1 Å². The van der Waals surface area contributed by atoms with Crippen LogP contribution in [-0.4, -0.2) is 14.1 Å². The number of benzene rings is 4. The fourth-order valence-electron chi connectivity index (χ4n) is 6.22. The van der Waals surface area contributed by atoms with Gasteiger partial charge in [-0.25, -0.2) is 14.1 Å². The van der Waals surface area contributed by atoms with Crippen LogP contribution in [0.2, 0.25) is 0 Å². The van der Waals surface area contributed by atoms with Gasteiger partial charge in [0.15, 0.2) is 0 Å². The van der Waals surface area contributed by atoms with E-state index < -0.39 is 0 Å². The summed E-state index contributed by atoms with van der Waals surface area (Å²) in [6.07, 6.45) is 8.15. The van der Waals surface area contributed by atoms with E-state index in [2.05, 4.69) is 137 Å². The van der Waals surface area contributed by atoms with Crippen LogP contribution < -0.4 is 4.57 Å². The molecule has 0 N–H and O–H groups in total. The van der Waals surface area contributed by atoms with Crippen LogP contribution in [0.4, 0.5) is 0 Å². The minimum Gasteiger partial charge on any atom is -0.294 e. The number of fused-ring (bicyclic) bond motifs is 6. The molecule has 39 heavy (non-hydrogen) atoms. The van der Waals surface area contributed by atoms with Crippen molar-refractivity contribution in [2.45, 2.75) is 5.92 Å². The summed E-state index contributed by atoms with van der Waals surface area (Å²) in [5.41, 5.74) is 10.2. The van der Waals surface area contributed by atoms with E-state index in [0.29, 0.717) is 0 Å². The Kier molecular flexibility index (Phi) is 5.61. The third kappa shape index (κ3) is 3.63. The second-order valence-electron chi connectivity index (χ2n) is 10.1. The number of pyridine rings is 1. The zero-order valence-corrected chi connectivity index (χ0v) is 23.6. The molecular formula is C34H25N4Pt+3. The van der Waals surface area contributed by atoms with Crippen LogP contribution >= 0.6 is 0 Å². The Bertz CT molecular complexity index is 2000. The van der Waals surface area contributed by atoms with E-state index in [4.69, 9.17) is 4.98 Å². The van der Waals surface area contributed by atoms with Gasteiger partial charge in [-0.3, -0.25) is 4.57 Å². The summed E-state index contributed by atoms with van der Waals surface area (Å²) in [7, 11) is 2.05. The van der Waals surface area contributed by atoms with Crippen molar-refractivity contribution in [2.24, 2.45) is 7.05 Å². The van der Waals surface area contributed by atoms with Crippen molar-refractivity contribution in [2.75, 3.05) is 0 Å². The molecule has 188 valence electrons. The van der Waals surface area contributed by atoms with Crippen LogP contribution in [0.5, 0.6) is 0 Å². The molecule has 3 heterocycles. The number of hydrogen-bond donors (Lipinski definition) is 0. The maximum Gasteiger partial charge on any atom is 2.00 e. The van der Waals surface area contributed by atoms with E-state index in [1.165, 1.54) is 55.3 Å². The Hall–Kier alpha value is -4.27. The van der Waals surface area contributed by atoms with Crippen molar-refractivity contribution in [3.8, 4) is 22.6 Å². The van der Waals surface area contributed by atoms with Gasteiger partial charge < -0.3 is 0 Å². The molecule has 0 fully saturated rings. The van der Waals surface area contributed by atoms with Crippen molar-refractivity contribution in [3.05, 3.63) is 145 Å². The zero-order chi connectivity index (χ0) is 25.2. The largest absolute Gasteiger partial charge is 2.00 e. The Morgan fingerprint density at radius 3 is 2.36 bits per heavy atom. The van der Waals surface area contributed by atoms with Gasteiger partial charge >= 0.3 is 21.1 Å². The molecule has 3 aromatic heterocycles. The van der Waals surface area contributed by atoms with E-state index in [-0.39, 0.29) is 27.0 Å². The van der Waals surface area contributed by atoms with Gasteiger partial charge in [0.25, 0.3) is 0 Å². The van der Waals surface area contributed by atoms with E-state index in [1.807, 2.05) is 12.3 Å². The van der Waals surface area contributed by atoms with Crippen LogP contribution in [0.1, 0.15) is 22.6 Å². The van der Waals surface area contributed by atoms with Gasteiger partial charge in [-0.15, -0.1) is 0 Å². The molecule has 0 bridgehead atoms. The molecule has 0 spiro atoms. The Morgan fingerprint density at radius 1 is 0.718 bits per heavy atom. The first-order chi connectivity index (χ1) is 18.8. The van der Waals surface area contributed by atoms with Gasteiger partial charge in [-0.05, 0) is 70.3 Å². The summed E-state index contributed by atoms with van der Waals surface area (Å²) in [6, 6.07) is 37.4. The van der Waals surface area contributed by atoms with Gasteiger partial charge in [0.2, 0.25) is 6.33 Å². The maximum absolute atomic E-state index is 4.73. The summed E-state index contributed by atoms with van der Waals surface area (Å²) in [6.45, 7) is 0. The molecule has 0 saturated heterocycles. The van der Waals surface area contributed by atoms with Crippen LogP contribution in [0.15, 0.2) is 128 Å². The number of imidazole rings is 1. The maximum atomic E-state index is 4.73. The molecule has 4 aromatic carbocycles. The molecule has 0 amide bonds. The quantitative estimate of drug-likeness (QED) is 0.185. The summed E-state index contributed by atoms with van der Waals surface area (Å²) in [5.74, 6) is 1.09. The topological polar surface area (TPSA) is 26.6 Å². The first kappa shape index (κ1) is 23.8. The number of aromatic nitrogens is 4. The van der Waals surface area contributed by atoms with Crippen molar-refractivity contribution in [1.29, 1.82) is 0 Å². The summed E-state index contributed by atoms with van der Waals surface area (Å²) < 4.78 is 6.55. The smallest absolute Gasteiger partial charge is 0.294 e. The average Bonchev–Trinajstić information content (AvgIpc) is 3.64. The summed E-state index contributed by atoms with van der Waals surface area (Å²) in [4.78, 5) is 4.73. The molecule has 0 aliphatic heterocycles. The molecule has 4 nitrogen and oxygen atoms in total. The van der Waals surface area contributed by atoms with E-state index >= 15 is 0 Å². The predicted molar refractivity (Wildman–Crippen MR) is 152 cm³/mol. The van der Waals surface area contributed by atoms with Crippen LogP contribution in [0, 0.1) is 0 Å². The number of nitrogens with zero attached hydrogens (tertiary/aromatic N) is 4. The van der Waals surface area contributed by atoms with E-state index in [0.717, 1.165) is 5.82 Å². The standard InChI is InChI=1S/C34H25N4.Pt/c1-36-18-19-37(22-36)24-14-16-26-25-8-2-3-10-29(25)34(30(26)21-24)23-13-15-28-27-9-4-5-11-31(27)38(32(28)20-23)33-12-6-7-17-35-33;/h2-22,34H,1H3;/q+1;+2. The minimum atomic E-state index is 0. The van der Waals surface area contributed by atoms with Crippen LogP contribution in [0.25, 0.3) is 44.4 Å². The van der Waals surface area contributed by atoms with Gasteiger partial charge in [-0.1, -0.05) is 60.7 Å². The first-order valence-electron chi connectivity index (χ1n) is 13.0. The predicted octanol–water partition coefficient (Wildman–Crippen LogP) is 6.95. The number of rotatable bonds is 3. The van der Waals surface area contributed by atoms with Gasteiger partial charge in [0.1, 0.15) is 23.9 Å². The van der Waals surface area contributed by atoms with E-state index in [1.54, 1.807) is 0 Å². The second kappa shape index (κ2) is 9.18. The normalized spacial score (nSPS) is 13.8. The SMILES string of the molecule is C[n+]1ccn(-c2ccc3c(c2)C(c2ccc4c5ccccc5n(-c5ccccn5)c4c2)c2ccccc2-3)c1.[Pt+2]. The fourth-order valence-corrected chi connectivity index (χ4v) is 6.22. The molecule has 1 aliphatic carbocycles. The van der Waals surface area contributed by atoms with Gasteiger partial charge in [0.05, 0.1) is 18.1 Å². The average molecular weight is 685 g/mol. The molecule has 1 aliphatic rings. The number of aryl methyl sites for hydroxylation is 1. The molecule has 8 rings (SSSR count). The van der Waals surface area contributed by atoms with Crippen molar-refractivity contribution >= 4 is 21.8 Å². The van der Waals surface area contributed by atoms with Gasteiger partial charge in [0, 0.05) is 22.9 Å². The Morgan fingerprint density at radius 2 is 1.51 bits per heavy atom. The zero-order valence-electron chi connectivity index (χ0n) is 21.3. The Balaban J connectivity index is 0.00000253. The number of para-hydroxylation sites is 1. The number of hydrogen-bond acceptors (Lipinski definition) is 1. The van der Waals surface area contributed by atoms with Crippen molar-refractivity contribution < 1.29 is 25.6 Å². The summed E-state index contributed by atoms with van der Waals surface area (Å²) >= 11 is 0. The molecule has 7 aromatic rings. The monoisotopic (exact) mass is 684 g/mol. The van der Waals surface area contributed by atoms with E-state index in [9.17, 15) is 0 Å². The first-order valence-corrected chi connectivity index (χ1v) is 13.0. The minimum absolute atomic E-state index is 0. The molecular weight excluding hydrogens is 659 g/mol. The third-order valence-electron chi connectivity index (χ3n) is 7.88. The molecule has 0 saturated carbocycles. The fraction of sp³-hybridized carbons (Fsp3) is 0.0588. The third-order valence-corrected chi connectivity index (χ3v) is 7.88. The molecule has 1 atom stereocenters.